The summed E-state index contributed by atoms with van der Waals surface area (Å²) >= 11 is 0. The summed E-state index contributed by atoms with van der Waals surface area (Å²) in [6, 6.07) is 0. The van der Waals surface area contributed by atoms with Gasteiger partial charge in [-0.25, -0.2) is 4.79 Å². The molecule has 0 saturated heterocycles. The normalized spacial score (nSPS) is 38.3. The zero-order valence-electron chi connectivity index (χ0n) is 20.3. The first-order valence-electron chi connectivity index (χ1n) is 12.1. The van der Waals surface area contributed by atoms with Gasteiger partial charge in [0.05, 0.1) is 7.11 Å². The number of esters is 1. The fraction of sp³-hybridized carbons (Fsp3) is 0.769. The second-order valence-corrected chi connectivity index (χ2v) is 11.6. The molecule has 7 heteroatoms. The molecule has 0 aromatic heterocycles. The molecule has 6 atom stereocenters. The van der Waals surface area contributed by atoms with Crippen molar-refractivity contribution in [3.63, 3.8) is 0 Å². The number of hydrogen-bond acceptors (Lipinski definition) is 3. The molecule has 184 valence electrons. The van der Waals surface area contributed by atoms with E-state index in [1.807, 2.05) is 6.08 Å². The van der Waals surface area contributed by atoms with Crippen molar-refractivity contribution >= 4 is 11.9 Å². The number of carbonyl (C=O) groups is 2. The topological polar surface area (TPSA) is 55.4 Å². The molecule has 2 fully saturated rings. The first-order valence-corrected chi connectivity index (χ1v) is 12.1. The molecule has 4 aliphatic carbocycles. The van der Waals surface area contributed by atoms with Crippen LogP contribution in [0.1, 0.15) is 72.6 Å². The molecule has 1 N–H and O–H groups in total. The van der Waals surface area contributed by atoms with Crippen LogP contribution >= 0.6 is 0 Å². The van der Waals surface area contributed by atoms with Crippen molar-refractivity contribution in [1.82, 2.24) is 5.32 Å². The quantitative estimate of drug-likeness (QED) is 0.539. The smallest absolute Gasteiger partial charge is 0.410 e. The Morgan fingerprint density at radius 2 is 1.79 bits per heavy atom. The van der Waals surface area contributed by atoms with Crippen molar-refractivity contribution in [2.24, 2.45) is 34.5 Å². The number of alkyl halides is 3. The molecule has 2 saturated carbocycles. The average Bonchev–Trinajstić information content (AvgIpc) is 3.08. The van der Waals surface area contributed by atoms with Crippen LogP contribution in [0.3, 0.4) is 0 Å². The summed E-state index contributed by atoms with van der Waals surface area (Å²) in [6.45, 7) is 6.49. The van der Waals surface area contributed by atoms with Gasteiger partial charge in [-0.05, 0) is 99.0 Å². The first kappa shape index (κ1) is 24.3. The molecular formula is C26H36F3NO3. The van der Waals surface area contributed by atoms with Crippen LogP contribution in [0.4, 0.5) is 13.2 Å². The van der Waals surface area contributed by atoms with Crippen LogP contribution in [0, 0.1) is 34.5 Å². The zero-order valence-corrected chi connectivity index (χ0v) is 20.3. The van der Waals surface area contributed by atoms with Gasteiger partial charge in [-0.1, -0.05) is 19.9 Å². The van der Waals surface area contributed by atoms with E-state index in [2.05, 4.69) is 25.2 Å². The van der Waals surface area contributed by atoms with Crippen LogP contribution in [0.15, 0.2) is 23.3 Å². The van der Waals surface area contributed by atoms with Crippen molar-refractivity contribution in [2.75, 3.05) is 7.11 Å². The summed E-state index contributed by atoms with van der Waals surface area (Å²) in [6.07, 6.45) is 5.60. The van der Waals surface area contributed by atoms with Crippen molar-refractivity contribution < 1.29 is 27.5 Å². The molecule has 0 unspecified atom stereocenters. The highest BCUT2D eigenvalue weighted by atomic mass is 19.4. The number of halogens is 3. The molecule has 0 aromatic rings. The van der Waals surface area contributed by atoms with Crippen LogP contribution in [0.25, 0.3) is 0 Å². The number of allylic oxidation sites excluding steroid dienone is 3. The van der Waals surface area contributed by atoms with Gasteiger partial charge in [-0.3, -0.25) is 4.79 Å². The van der Waals surface area contributed by atoms with Crippen molar-refractivity contribution in [3.8, 4) is 0 Å². The maximum Gasteiger partial charge on any atom is 0.410 e. The fourth-order valence-electron chi connectivity index (χ4n) is 7.51. The fourth-order valence-corrected chi connectivity index (χ4v) is 7.51. The molecular weight excluding hydrogens is 431 g/mol. The molecule has 4 aliphatic rings. The van der Waals surface area contributed by atoms with E-state index in [0.29, 0.717) is 30.6 Å². The van der Waals surface area contributed by atoms with Gasteiger partial charge >= 0.3 is 12.1 Å². The van der Waals surface area contributed by atoms with E-state index in [0.717, 1.165) is 51.5 Å². The molecule has 0 radical (unpaired) electrons. The molecule has 0 heterocycles. The Labute approximate surface area is 194 Å². The summed E-state index contributed by atoms with van der Waals surface area (Å²) in [4.78, 5) is 25.1. The highest BCUT2D eigenvalue weighted by Crippen LogP contribution is 2.66. The minimum atomic E-state index is -4.49. The Morgan fingerprint density at radius 3 is 2.42 bits per heavy atom. The number of hydrogen-bond donors (Lipinski definition) is 1. The van der Waals surface area contributed by atoms with Gasteiger partial charge in [0.2, 0.25) is 5.91 Å². The number of carbonyl (C=O) groups excluding carboxylic acids is 2. The molecule has 0 spiro atoms. The summed E-state index contributed by atoms with van der Waals surface area (Å²) in [5, 5.41) is 2.31. The minimum Gasteiger partial charge on any atom is -0.466 e. The standard InChI is InChI=1S/C26H36F3NO3/c1-23(2,26(27,28)29)30-21(31)20-9-8-18-17-7-6-16-14-15(22(32)33-5)10-12-24(16,3)19(17)11-13-25(18,20)4/h6,14,17-20H,7-13H2,1-5H3,(H,30,31)/t17-,18-,19-,20+,24-,25-/m0/s1. The van der Waals surface area contributed by atoms with E-state index in [9.17, 15) is 22.8 Å². The SMILES string of the molecule is COC(=O)C1=CC2=CC[C@H]3[C@@H]4CC[C@H](C(=O)NC(C)(C)C(F)(F)F)[C@@]4(C)CC[C@@H]3[C@@]2(C)CC1. The third-order valence-electron chi connectivity index (χ3n) is 9.68. The largest absolute Gasteiger partial charge is 0.466 e. The number of methoxy groups -OCH3 is 1. The molecule has 0 aliphatic heterocycles. The number of nitrogens with one attached hydrogen (secondary N) is 1. The van der Waals surface area contributed by atoms with E-state index < -0.39 is 17.6 Å². The van der Waals surface area contributed by atoms with E-state index in [1.165, 1.54) is 12.7 Å². The maximum atomic E-state index is 13.4. The van der Waals surface area contributed by atoms with Gasteiger partial charge in [-0.2, -0.15) is 13.2 Å². The minimum absolute atomic E-state index is 0.0135. The zero-order chi connectivity index (χ0) is 24.4. The molecule has 4 nitrogen and oxygen atoms in total. The van der Waals surface area contributed by atoms with Gasteiger partial charge in [0, 0.05) is 11.5 Å². The number of fused-ring (bicyclic) bond motifs is 5. The number of amides is 1. The summed E-state index contributed by atoms with van der Waals surface area (Å²) in [7, 11) is 1.41. The Hall–Kier alpha value is -1.79. The molecule has 0 aromatic carbocycles. The van der Waals surface area contributed by atoms with Gasteiger partial charge in [0.1, 0.15) is 5.54 Å². The first-order chi connectivity index (χ1) is 15.2. The van der Waals surface area contributed by atoms with E-state index in [1.54, 1.807) is 0 Å². The highest BCUT2D eigenvalue weighted by molar-refractivity contribution is 5.89. The average molecular weight is 468 g/mol. The molecule has 4 rings (SSSR count). The molecule has 33 heavy (non-hydrogen) atoms. The third kappa shape index (κ3) is 3.74. The Kier molecular flexibility index (Phi) is 5.81. The predicted molar refractivity (Wildman–Crippen MR) is 119 cm³/mol. The lowest BCUT2D eigenvalue weighted by Crippen LogP contribution is -2.57. The van der Waals surface area contributed by atoms with Crippen LogP contribution < -0.4 is 5.32 Å². The van der Waals surface area contributed by atoms with E-state index in [4.69, 9.17) is 4.74 Å². The van der Waals surface area contributed by atoms with Gasteiger partial charge in [0.15, 0.2) is 0 Å². The second-order valence-electron chi connectivity index (χ2n) is 11.6. The molecule has 0 bridgehead atoms. The second kappa shape index (κ2) is 7.88. The lowest BCUT2D eigenvalue weighted by Gasteiger charge is -2.57. The summed E-state index contributed by atoms with van der Waals surface area (Å²) < 4.78 is 45.1. The van der Waals surface area contributed by atoms with Gasteiger partial charge in [0.25, 0.3) is 0 Å². The summed E-state index contributed by atoms with van der Waals surface area (Å²) in [5.41, 5.74) is -0.586. The highest BCUT2D eigenvalue weighted by Gasteiger charge is 2.60. The van der Waals surface area contributed by atoms with Crippen LogP contribution in [0.2, 0.25) is 0 Å². The Morgan fingerprint density at radius 1 is 1.09 bits per heavy atom. The van der Waals surface area contributed by atoms with Crippen LogP contribution in [-0.2, 0) is 14.3 Å². The number of rotatable bonds is 3. The third-order valence-corrected chi connectivity index (χ3v) is 9.68. The Balaban J connectivity index is 1.56. The Bertz CT molecular complexity index is 905. The maximum absolute atomic E-state index is 13.4. The van der Waals surface area contributed by atoms with Crippen molar-refractivity contribution in [1.29, 1.82) is 0 Å². The lowest BCUT2D eigenvalue weighted by molar-refractivity contribution is -0.190. The predicted octanol–water partition coefficient (Wildman–Crippen LogP) is 5.73. The van der Waals surface area contributed by atoms with Gasteiger partial charge in [-0.15, -0.1) is 0 Å². The molecule has 1 amide bonds. The van der Waals surface area contributed by atoms with E-state index in [-0.39, 0.29) is 22.7 Å². The lowest BCUT2D eigenvalue weighted by atomic mass is 9.48. The van der Waals surface area contributed by atoms with Crippen LogP contribution in [0.5, 0.6) is 0 Å². The van der Waals surface area contributed by atoms with Crippen molar-refractivity contribution in [3.05, 3.63) is 23.3 Å². The van der Waals surface area contributed by atoms with Crippen LogP contribution in [-0.4, -0.2) is 30.7 Å². The number of ether oxygens (including phenoxy) is 1. The van der Waals surface area contributed by atoms with E-state index >= 15 is 0 Å². The van der Waals surface area contributed by atoms with Crippen molar-refractivity contribution in [2.45, 2.75) is 84.4 Å². The monoisotopic (exact) mass is 467 g/mol. The van der Waals surface area contributed by atoms with Gasteiger partial charge < -0.3 is 10.1 Å². The summed E-state index contributed by atoms with van der Waals surface area (Å²) in [5.74, 6) is 0.0885.